The molecule has 120 valence electrons. The maximum absolute atomic E-state index is 12.4. The van der Waals surface area contributed by atoms with Crippen LogP contribution in [0.15, 0.2) is 53.4 Å². The summed E-state index contributed by atoms with van der Waals surface area (Å²) in [5.41, 5.74) is 0.939. The Morgan fingerprint density at radius 3 is 2.35 bits per heavy atom. The predicted molar refractivity (Wildman–Crippen MR) is 91.6 cm³/mol. The molecule has 2 aromatic carbocycles. The lowest BCUT2D eigenvalue weighted by molar-refractivity contribution is 0.143. The molecule has 0 spiro atoms. The van der Waals surface area contributed by atoms with Crippen LogP contribution in [0.5, 0.6) is 0 Å². The van der Waals surface area contributed by atoms with Crippen LogP contribution in [0.4, 0.5) is 5.69 Å². The van der Waals surface area contributed by atoms with Crippen LogP contribution >= 0.6 is 0 Å². The van der Waals surface area contributed by atoms with Crippen LogP contribution in [0.2, 0.25) is 0 Å². The molecular formula is C18H19NO3S. The van der Waals surface area contributed by atoms with Gasteiger partial charge in [-0.1, -0.05) is 35.6 Å². The molecule has 2 rings (SSSR count). The van der Waals surface area contributed by atoms with Crippen molar-refractivity contribution in [3.63, 3.8) is 0 Å². The van der Waals surface area contributed by atoms with Gasteiger partial charge in [0, 0.05) is 5.56 Å². The van der Waals surface area contributed by atoms with Crippen molar-refractivity contribution in [3.8, 4) is 11.8 Å². The van der Waals surface area contributed by atoms with Gasteiger partial charge in [-0.3, -0.25) is 4.72 Å². The summed E-state index contributed by atoms with van der Waals surface area (Å²) in [5, 5.41) is 9.62. The zero-order valence-electron chi connectivity index (χ0n) is 13.3. The standard InChI is InChI=1S/C18H19NO3S/c1-14-7-9-17(10-8-14)23(21,22)19-16-6-4-5-15(13-16)11-12-18(2,3)20/h4-10,13,19-20H,1-3H3. The first-order chi connectivity index (χ1) is 10.7. The fourth-order valence-corrected chi connectivity index (χ4v) is 2.87. The van der Waals surface area contributed by atoms with Crippen LogP contribution < -0.4 is 4.72 Å². The van der Waals surface area contributed by atoms with E-state index in [1.807, 2.05) is 6.92 Å². The molecule has 23 heavy (non-hydrogen) atoms. The zero-order valence-corrected chi connectivity index (χ0v) is 14.1. The molecule has 0 bridgehead atoms. The van der Waals surface area contributed by atoms with E-state index in [9.17, 15) is 13.5 Å². The van der Waals surface area contributed by atoms with Crippen molar-refractivity contribution in [2.45, 2.75) is 31.3 Å². The highest BCUT2D eigenvalue weighted by Crippen LogP contribution is 2.17. The van der Waals surface area contributed by atoms with Crippen LogP contribution in [-0.2, 0) is 10.0 Å². The first-order valence-electron chi connectivity index (χ1n) is 7.11. The summed E-state index contributed by atoms with van der Waals surface area (Å²) in [7, 11) is -3.64. The Labute approximate surface area is 137 Å². The second kappa shape index (κ2) is 6.45. The number of nitrogens with one attached hydrogen (secondary N) is 1. The molecular weight excluding hydrogens is 310 g/mol. The number of aryl methyl sites for hydroxylation is 1. The summed E-state index contributed by atoms with van der Waals surface area (Å²) in [5.74, 6) is 5.52. The lowest BCUT2D eigenvalue weighted by atomic mass is 10.1. The molecule has 2 N–H and O–H groups in total. The number of aliphatic hydroxyl groups is 1. The second-order valence-electron chi connectivity index (χ2n) is 5.81. The van der Waals surface area contributed by atoms with Gasteiger partial charge in [-0.25, -0.2) is 8.42 Å². The van der Waals surface area contributed by atoms with Crippen molar-refractivity contribution in [1.82, 2.24) is 0 Å². The molecule has 0 aliphatic carbocycles. The summed E-state index contributed by atoms with van der Waals surface area (Å²) in [4.78, 5) is 0.205. The Hall–Kier alpha value is -2.29. The number of benzene rings is 2. The van der Waals surface area contributed by atoms with Gasteiger partial charge in [0.1, 0.15) is 5.60 Å². The van der Waals surface area contributed by atoms with Gasteiger partial charge in [-0.2, -0.15) is 0 Å². The Bertz CT molecular complexity index is 852. The van der Waals surface area contributed by atoms with Gasteiger partial charge in [0.15, 0.2) is 0 Å². The van der Waals surface area contributed by atoms with Crippen LogP contribution in [0, 0.1) is 18.8 Å². The van der Waals surface area contributed by atoms with Gasteiger partial charge in [-0.15, -0.1) is 0 Å². The van der Waals surface area contributed by atoms with Crippen molar-refractivity contribution < 1.29 is 13.5 Å². The summed E-state index contributed by atoms with van der Waals surface area (Å²) in [6, 6.07) is 13.4. The van der Waals surface area contributed by atoms with E-state index in [4.69, 9.17) is 0 Å². The highest BCUT2D eigenvalue weighted by molar-refractivity contribution is 7.92. The normalized spacial score (nSPS) is 11.5. The van der Waals surface area contributed by atoms with E-state index >= 15 is 0 Å². The molecule has 0 aliphatic rings. The van der Waals surface area contributed by atoms with Crippen LogP contribution in [0.3, 0.4) is 0 Å². The van der Waals surface area contributed by atoms with Gasteiger partial charge in [0.25, 0.3) is 10.0 Å². The fourth-order valence-electron chi connectivity index (χ4n) is 1.82. The average molecular weight is 329 g/mol. The number of anilines is 1. The molecule has 0 heterocycles. The highest BCUT2D eigenvalue weighted by atomic mass is 32.2. The monoisotopic (exact) mass is 329 g/mol. The molecule has 0 atom stereocenters. The molecule has 0 saturated carbocycles. The molecule has 0 fully saturated rings. The van der Waals surface area contributed by atoms with Crippen molar-refractivity contribution in [3.05, 3.63) is 59.7 Å². The van der Waals surface area contributed by atoms with Crippen molar-refractivity contribution in [2.75, 3.05) is 4.72 Å². The molecule has 0 amide bonds. The summed E-state index contributed by atoms with van der Waals surface area (Å²) in [6.45, 7) is 5.07. The molecule has 0 radical (unpaired) electrons. The van der Waals surface area contributed by atoms with Crippen LogP contribution in [0.1, 0.15) is 25.0 Å². The van der Waals surface area contributed by atoms with E-state index in [1.165, 1.54) is 0 Å². The molecule has 5 heteroatoms. The highest BCUT2D eigenvalue weighted by Gasteiger charge is 2.13. The van der Waals surface area contributed by atoms with E-state index in [0.717, 1.165) is 5.56 Å². The Morgan fingerprint density at radius 1 is 1.09 bits per heavy atom. The Morgan fingerprint density at radius 2 is 1.74 bits per heavy atom. The molecule has 0 aromatic heterocycles. The maximum Gasteiger partial charge on any atom is 0.261 e. The van der Waals surface area contributed by atoms with E-state index in [2.05, 4.69) is 16.6 Å². The number of hydrogen-bond acceptors (Lipinski definition) is 3. The first kappa shape index (κ1) is 17.1. The van der Waals surface area contributed by atoms with Gasteiger partial charge in [0.05, 0.1) is 10.6 Å². The second-order valence-corrected chi connectivity index (χ2v) is 7.49. The number of hydrogen-bond donors (Lipinski definition) is 2. The predicted octanol–water partition coefficient (Wildman–Crippen LogP) is 2.92. The van der Waals surface area contributed by atoms with Crippen molar-refractivity contribution >= 4 is 15.7 Å². The number of rotatable bonds is 3. The molecule has 0 saturated heterocycles. The van der Waals surface area contributed by atoms with Gasteiger partial charge < -0.3 is 5.11 Å². The minimum absolute atomic E-state index is 0.205. The summed E-state index contributed by atoms with van der Waals surface area (Å²) < 4.78 is 27.2. The third-order valence-electron chi connectivity index (χ3n) is 2.96. The zero-order chi connectivity index (χ0) is 17.1. The topological polar surface area (TPSA) is 66.4 Å². The summed E-state index contributed by atoms with van der Waals surface area (Å²) >= 11 is 0. The first-order valence-corrected chi connectivity index (χ1v) is 8.59. The molecule has 0 aliphatic heterocycles. The van der Waals surface area contributed by atoms with E-state index < -0.39 is 15.6 Å². The molecule has 0 unspecified atom stereocenters. The maximum atomic E-state index is 12.4. The SMILES string of the molecule is Cc1ccc(S(=O)(=O)Nc2cccc(C#CC(C)(C)O)c2)cc1. The smallest absolute Gasteiger partial charge is 0.261 e. The van der Waals surface area contributed by atoms with Crippen molar-refractivity contribution in [2.24, 2.45) is 0 Å². The quantitative estimate of drug-likeness (QED) is 0.851. The average Bonchev–Trinajstić information content (AvgIpc) is 2.45. The largest absolute Gasteiger partial charge is 0.378 e. The third kappa shape index (κ3) is 5.13. The minimum atomic E-state index is -3.64. The van der Waals surface area contributed by atoms with Gasteiger partial charge >= 0.3 is 0 Å². The third-order valence-corrected chi connectivity index (χ3v) is 4.36. The Balaban J connectivity index is 2.26. The minimum Gasteiger partial charge on any atom is -0.378 e. The lowest BCUT2D eigenvalue weighted by Gasteiger charge is -2.09. The molecule has 2 aromatic rings. The fraction of sp³-hybridized carbons (Fsp3) is 0.222. The van der Waals surface area contributed by atoms with E-state index in [0.29, 0.717) is 11.3 Å². The lowest BCUT2D eigenvalue weighted by Crippen LogP contribution is -2.14. The van der Waals surface area contributed by atoms with E-state index in [1.54, 1.807) is 62.4 Å². The van der Waals surface area contributed by atoms with Crippen LogP contribution in [0.25, 0.3) is 0 Å². The van der Waals surface area contributed by atoms with Crippen molar-refractivity contribution in [1.29, 1.82) is 0 Å². The van der Waals surface area contributed by atoms with Gasteiger partial charge in [0.2, 0.25) is 0 Å². The Kier molecular flexibility index (Phi) is 4.79. The molecule has 4 nitrogen and oxygen atoms in total. The number of sulfonamides is 1. The summed E-state index contributed by atoms with van der Waals surface area (Å²) in [6.07, 6.45) is 0. The van der Waals surface area contributed by atoms with Crippen LogP contribution in [-0.4, -0.2) is 19.1 Å². The van der Waals surface area contributed by atoms with Gasteiger partial charge in [-0.05, 0) is 51.1 Å². The van der Waals surface area contributed by atoms with E-state index in [-0.39, 0.29) is 4.90 Å².